The van der Waals surface area contributed by atoms with Gasteiger partial charge in [-0.2, -0.15) is 5.10 Å². The molecule has 1 N–H and O–H groups in total. The summed E-state index contributed by atoms with van der Waals surface area (Å²) in [6, 6.07) is 5.56. The minimum atomic E-state index is -0.605. The summed E-state index contributed by atoms with van der Waals surface area (Å²) in [6.07, 6.45) is 3.23. The molecule has 0 saturated heterocycles. The number of anilines is 1. The molecule has 1 aromatic carbocycles. The molecule has 6 nitrogen and oxygen atoms in total. The van der Waals surface area contributed by atoms with E-state index in [1.54, 1.807) is 19.2 Å². The van der Waals surface area contributed by atoms with Crippen LogP contribution in [0.25, 0.3) is 5.65 Å². The third kappa shape index (κ3) is 3.36. The van der Waals surface area contributed by atoms with Gasteiger partial charge in [-0.3, -0.25) is 10.1 Å². The van der Waals surface area contributed by atoms with E-state index in [4.69, 9.17) is 0 Å². The molecule has 0 aliphatic carbocycles. The summed E-state index contributed by atoms with van der Waals surface area (Å²) in [6.45, 7) is 3.56. The summed E-state index contributed by atoms with van der Waals surface area (Å²) in [5, 5.41) is 7.18. The fraction of sp³-hybridized carbons (Fsp3) is 0.158. The second kappa shape index (κ2) is 7.08. The summed E-state index contributed by atoms with van der Waals surface area (Å²) in [7, 11) is 0. The Hall–Kier alpha value is -3.20. The highest BCUT2D eigenvalue weighted by atomic mass is 32.1. The van der Waals surface area contributed by atoms with Crippen molar-refractivity contribution in [3.05, 3.63) is 75.7 Å². The molecular formula is C19H15F2N5OS. The van der Waals surface area contributed by atoms with Crippen molar-refractivity contribution >= 4 is 28.0 Å². The number of carbonyl (C=O) groups excluding carboxylic acids is 1. The first-order valence-electron chi connectivity index (χ1n) is 8.44. The number of aromatic nitrogens is 4. The Balaban J connectivity index is 1.58. The van der Waals surface area contributed by atoms with E-state index in [-0.39, 0.29) is 12.0 Å². The van der Waals surface area contributed by atoms with Crippen LogP contribution in [0.3, 0.4) is 0 Å². The van der Waals surface area contributed by atoms with Crippen molar-refractivity contribution < 1.29 is 13.6 Å². The molecule has 4 aromatic rings. The van der Waals surface area contributed by atoms with Gasteiger partial charge in [0.25, 0.3) is 5.91 Å². The fourth-order valence-corrected chi connectivity index (χ4v) is 3.76. The number of aryl methyl sites for hydroxylation is 2. The number of nitrogens with zero attached hydrogens (tertiary/aromatic N) is 4. The predicted octanol–water partition coefficient (Wildman–Crippen LogP) is 3.92. The number of fused-ring (bicyclic) bond motifs is 1. The van der Waals surface area contributed by atoms with Crippen LogP contribution in [0.4, 0.5) is 13.9 Å². The van der Waals surface area contributed by atoms with E-state index >= 15 is 0 Å². The van der Waals surface area contributed by atoms with Gasteiger partial charge in [0.1, 0.15) is 17.2 Å². The molecule has 0 aliphatic rings. The molecule has 1 amide bonds. The molecule has 3 aromatic heterocycles. The fourth-order valence-electron chi connectivity index (χ4n) is 2.79. The minimum absolute atomic E-state index is 0.0190. The van der Waals surface area contributed by atoms with E-state index in [1.165, 1.54) is 40.2 Å². The van der Waals surface area contributed by atoms with Crippen LogP contribution in [0.5, 0.6) is 0 Å². The van der Waals surface area contributed by atoms with E-state index < -0.39 is 17.5 Å². The number of nitrogens with one attached hydrogen (secondary N) is 1. The van der Waals surface area contributed by atoms with Crippen LogP contribution in [-0.2, 0) is 6.42 Å². The van der Waals surface area contributed by atoms with E-state index in [9.17, 15) is 13.6 Å². The topological polar surface area (TPSA) is 72.2 Å². The van der Waals surface area contributed by atoms with Crippen LogP contribution in [0.15, 0.2) is 36.7 Å². The molecule has 0 aliphatic heterocycles. The number of amides is 1. The van der Waals surface area contributed by atoms with Crippen LogP contribution in [-0.4, -0.2) is 25.5 Å². The Morgan fingerprint density at radius 1 is 1.18 bits per heavy atom. The normalized spacial score (nSPS) is 11.1. The van der Waals surface area contributed by atoms with Crippen LogP contribution in [0.1, 0.15) is 32.2 Å². The summed E-state index contributed by atoms with van der Waals surface area (Å²) in [4.78, 5) is 21.9. The monoisotopic (exact) mass is 399 g/mol. The highest BCUT2D eigenvalue weighted by Gasteiger charge is 2.18. The second-order valence-corrected chi connectivity index (χ2v) is 7.34. The van der Waals surface area contributed by atoms with Gasteiger partial charge in [0, 0.05) is 28.8 Å². The van der Waals surface area contributed by atoms with Gasteiger partial charge in [-0.25, -0.2) is 23.3 Å². The van der Waals surface area contributed by atoms with Crippen LogP contribution in [0, 0.1) is 25.5 Å². The maximum absolute atomic E-state index is 13.9. The van der Waals surface area contributed by atoms with Crippen molar-refractivity contribution in [1.82, 2.24) is 19.6 Å². The highest BCUT2D eigenvalue weighted by molar-refractivity contribution is 7.15. The Bertz CT molecular complexity index is 1180. The lowest BCUT2D eigenvalue weighted by Crippen LogP contribution is -2.12. The van der Waals surface area contributed by atoms with Crippen molar-refractivity contribution in [3.8, 4) is 0 Å². The van der Waals surface area contributed by atoms with Gasteiger partial charge in [-0.05, 0) is 32.0 Å². The van der Waals surface area contributed by atoms with Crippen molar-refractivity contribution in [2.45, 2.75) is 20.3 Å². The smallest absolute Gasteiger partial charge is 0.262 e. The molecule has 9 heteroatoms. The average Bonchev–Trinajstić information content (AvgIpc) is 3.21. The highest BCUT2D eigenvalue weighted by Crippen LogP contribution is 2.27. The van der Waals surface area contributed by atoms with Crippen LogP contribution < -0.4 is 5.32 Å². The lowest BCUT2D eigenvalue weighted by molar-refractivity contribution is 0.102. The van der Waals surface area contributed by atoms with Gasteiger partial charge >= 0.3 is 0 Å². The third-order valence-corrected chi connectivity index (χ3v) is 5.34. The molecule has 4 rings (SSSR count). The second-order valence-electron chi connectivity index (χ2n) is 6.25. The van der Waals surface area contributed by atoms with E-state index in [1.807, 2.05) is 6.92 Å². The maximum Gasteiger partial charge on any atom is 0.262 e. The number of hydrogen-bond acceptors (Lipinski definition) is 5. The first kappa shape index (κ1) is 18.2. The number of rotatable bonds is 4. The Kier molecular flexibility index (Phi) is 4.60. The maximum atomic E-state index is 13.9. The van der Waals surface area contributed by atoms with E-state index in [0.29, 0.717) is 26.9 Å². The molecule has 0 fully saturated rings. The zero-order valence-electron chi connectivity index (χ0n) is 15.0. The van der Waals surface area contributed by atoms with Gasteiger partial charge in [-0.15, -0.1) is 11.3 Å². The van der Waals surface area contributed by atoms with Gasteiger partial charge in [0.15, 0.2) is 10.8 Å². The number of hydrogen-bond donors (Lipinski definition) is 1. The molecule has 0 saturated carbocycles. The summed E-state index contributed by atoms with van der Waals surface area (Å²) in [5.74, 6) is -1.61. The van der Waals surface area contributed by atoms with Crippen molar-refractivity contribution in [3.63, 3.8) is 0 Å². The number of benzene rings is 1. The summed E-state index contributed by atoms with van der Waals surface area (Å²) >= 11 is 1.18. The van der Waals surface area contributed by atoms with Crippen molar-refractivity contribution in [2.24, 2.45) is 0 Å². The molecule has 0 atom stereocenters. The van der Waals surface area contributed by atoms with E-state index in [2.05, 4.69) is 20.4 Å². The molecule has 0 spiro atoms. The zero-order chi connectivity index (χ0) is 19.8. The van der Waals surface area contributed by atoms with Crippen molar-refractivity contribution in [1.29, 1.82) is 0 Å². The first-order chi connectivity index (χ1) is 13.4. The van der Waals surface area contributed by atoms with E-state index in [0.717, 1.165) is 5.69 Å². The quantitative estimate of drug-likeness (QED) is 0.565. The van der Waals surface area contributed by atoms with Gasteiger partial charge in [0.05, 0.1) is 11.9 Å². The molecule has 0 unspecified atom stereocenters. The van der Waals surface area contributed by atoms with Crippen LogP contribution in [0.2, 0.25) is 0 Å². The zero-order valence-corrected chi connectivity index (χ0v) is 15.8. The number of halogens is 2. The standard InChI is InChI=1S/C19H15F2N5OS/c1-10-6-7-26-17(23-10)13(9-22-26)18(27)25-19-24-11(2)16(28-19)8-12-14(20)4-3-5-15(12)21/h3-7,9H,8H2,1-2H3,(H,24,25,27). The van der Waals surface area contributed by atoms with Gasteiger partial charge in [0.2, 0.25) is 0 Å². The molecule has 142 valence electrons. The predicted molar refractivity (Wildman–Crippen MR) is 102 cm³/mol. The Morgan fingerprint density at radius 2 is 1.93 bits per heavy atom. The molecular weight excluding hydrogens is 384 g/mol. The number of thiazole rings is 1. The largest absolute Gasteiger partial charge is 0.298 e. The molecule has 0 bridgehead atoms. The molecule has 0 radical (unpaired) electrons. The summed E-state index contributed by atoms with van der Waals surface area (Å²) in [5.41, 5.74) is 2.12. The van der Waals surface area contributed by atoms with Crippen LogP contribution >= 0.6 is 11.3 Å². The van der Waals surface area contributed by atoms with Gasteiger partial charge in [-0.1, -0.05) is 6.07 Å². The molecule has 3 heterocycles. The summed E-state index contributed by atoms with van der Waals surface area (Å²) < 4.78 is 29.3. The lowest BCUT2D eigenvalue weighted by Gasteiger charge is -2.03. The lowest BCUT2D eigenvalue weighted by atomic mass is 10.1. The Morgan fingerprint density at radius 3 is 2.68 bits per heavy atom. The number of carbonyl (C=O) groups is 1. The molecule has 28 heavy (non-hydrogen) atoms. The third-order valence-electron chi connectivity index (χ3n) is 4.27. The van der Waals surface area contributed by atoms with Crippen molar-refractivity contribution in [2.75, 3.05) is 5.32 Å². The SMILES string of the molecule is Cc1ccn2ncc(C(=O)Nc3nc(C)c(Cc4c(F)cccc4F)s3)c2n1. The van der Waals surface area contributed by atoms with Gasteiger partial charge < -0.3 is 0 Å². The first-order valence-corrected chi connectivity index (χ1v) is 9.25. The minimum Gasteiger partial charge on any atom is -0.298 e. The Labute approximate surface area is 162 Å². The average molecular weight is 399 g/mol.